The molecule has 4 nitrogen and oxygen atoms in total. The van der Waals surface area contributed by atoms with E-state index in [-0.39, 0.29) is 0 Å². The number of aromatic nitrogens is 1. The average molecular weight is 190 g/mol. The van der Waals surface area contributed by atoms with Crippen LogP contribution in [0.15, 0.2) is 17.3 Å². The van der Waals surface area contributed by atoms with Crippen LogP contribution in [0.3, 0.4) is 0 Å². The average Bonchev–Trinajstić information content (AvgIpc) is 2.26. The van der Waals surface area contributed by atoms with Gasteiger partial charge in [-0.25, -0.2) is 0 Å². The van der Waals surface area contributed by atoms with Gasteiger partial charge in [0.05, 0.1) is 18.2 Å². The molecule has 1 aliphatic heterocycles. The molecular weight excluding hydrogens is 176 g/mol. The first-order chi connectivity index (χ1) is 6.90. The summed E-state index contributed by atoms with van der Waals surface area (Å²) in [5.41, 5.74) is 3.49. The summed E-state index contributed by atoms with van der Waals surface area (Å²) < 4.78 is 0. The van der Waals surface area contributed by atoms with Gasteiger partial charge in [0.15, 0.2) is 0 Å². The maximum absolute atomic E-state index is 4.41. The zero-order chi connectivity index (χ0) is 9.80. The molecule has 0 aromatic carbocycles. The summed E-state index contributed by atoms with van der Waals surface area (Å²) in [6.07, 6.45) is 4.54. The van der Waals surface area contributed by atoms with Crippen LogP contribution in [0.25, 0.3) is 0 Å². The lowest BCUT2D eigenvalue weighted by molar-refractivity contribution is 0.631. The Labute approximate surface area is 83.5 Å². The number of anilines is 1. The number of hydrogen-bond donors (Lipinski definition) is 2. The molecule has 2 heterocycles. The van der Waals surface area contributed by atoms with Crippen molar-refractivity contribution < 1.29 is 0 Å². The lowest BCUT2D eigenvalue weighted by Gasteiger charge is -2.16. The summed E-state index contributed by atoms with van der Waals surface area (Å²) in [6.45, 7) is 1.95. The molecule has 0 saturated heterocycles. The van der Waals surface area contributed by atoms with Crippen molar-refractivity contribution in [3.05, 3.63) is 23.5 Å². The van der Waals surface area contributed by atoms with E-state index in [1.54, 1.807) is 13.4 Å². The van der Waals surface area contributed by atoms with E-state index in [0.29, 0.717) is 0 Å². The van der Waals surface area contributed by atoms with E-state index in [1.807, 2.05) is 6.20 Å². The van der Waals surface area contributed by atoms with Gasteiger partial charge in [-0.2, -0.15) is 0 Å². The number of fused-ring (bicyclic) bond motifs is 1. The molecule has 2 N–H and O–H groups in total. The van der Waals surface area contributed by atoms with E-state index in [2.05, 4.69) is 26.7 Å². The minimum atomic E-state index is 0.918. The fraction of sp³-hybridized carbons (Fsp3) is 0.400. The molecule has 0 amide bonds. The highest BCUT2D eigenvalue weighted by atomic mass is 14.9. The Kier molecular flexibility index (Phi) is 2.74. The smallest absolute Gasteiger partial charge is 0.0864 e. The van der Waals surface area contributed by atoms with Crippen molar-refractivity contribution in [2.24, 2.45) is 4.99 Å². The van der Waals surface area contributed by atoms with Crippen LogP contribution >= 0.6 is 0 Å². The van der Waals surface area contributed by atoms with Gasteiger partial charge < -0.3 is 10.6 Å². The quantitative estimate of drug-likeness (QED) is 0.535. The number of pyridine rings is 1. The van der Waals surface area contributed by atoms with Crippen LogP contribution in [0.2, 0.25) is 0 Å². The van der Waals surface area contributed by atoms with Crippen molar-refractivity contribution >= 4 is 12.0 Å². The molecule has 14 heavy (non-hydrogen) atoms. The minimum Gasteiger partial charge on any atom is -0.345 e. The fourth-order valence-electron chi connectivity index (χ4n) is 1.56. The summed E-state index contributed by atoms with van der Waals surface area (Å²) in [7, 11) is 1.74. The lowest BCUT2D eigenvalue weighted by Crippen LogP contribution is -2.24. The number of aliphatic imine (C=N–C) groups is 1. The minimum absolute atomic E-state index is 0.918. The van der Waals surface area contributed by atoms with Gasteiger partial charge in [-0.3, -0.25) is 9.98 Å². The maximum Gasteiger partial charge on any atom is 0.0864 e. The molecule has 1 aliphatic rings. The topological polar surface area (TPSA) is 49.3 Å². The van der Waals surface area contributed by atoms with Crippen LogP contribution in [0, 0.1) is 0 Å². The van der Waals surface area contributed by atoms with Crippen molar-refractivity contribution in [3.8, 4) is 0 Å². The van der Waals surface area contributed by atoms with Crippen molar-refractivity contribution in [2.45, 2.75) is 13.0 Å². The molecule has 0 radical (unpaired) electrons. The van der Waals surface area contributed by atoms with Crippen molar-refractivity contribution in [1.82, 2.24) is 10.3 Å². The summed E-state index contributed by atoms with van der Waals surface area (Å²) >= 11 is 0. The highest BCUT2D eigenvalue weighted by Gasteiger charge is 2.09. The molecule has 0 fully saturated rings. The third kappa shape index (κ3) is 1.90. The molecule has 0 atom stereocenters. The standard InChI is InChI=1S/C10H14N4/c1-11-7-14-9-4-8-5-12-3-2-10(8)13-6-9/h4,6-7,12H,2-3,5H2,1H3,(H,11,14). The largest absolute Gasteiger partial charge is 0.345 e. The zero-order valence-electron chi connectivity index (χ0n) is 8.25. The molecule has 2 rings (SSSR count). The second-order valence-electron chi connectivity index (χ2n) is 3.29. The molecule has 74 valence electrons. The van der Waals surface area contributed by atoms with Gasteiger partial charge in [0.25, 0.3) is 0 Å². The van der Waals surface area contributed by atoms with E-state index in [9.17, 15) is 0 Å². The second kappa shape index (κ2) is 4.19. The van der Waals surface area contributed by atoms with E-state index in [4.69, 9.17) is 0 Å². The van der Waals surface area contributed by atoms with Gasteiger partial charge in [0.1, 0.15) is 0 Å². The maximum atomic E-state index is 4.41. The Bertz CT molecular complexity index is 346. The summed E-state index contributed by atoms with van der Waals surface area (Å²) in [5, 5.41) is 6.39. The van der Waals surface area contributed by atoms with Gasteiger partial charge in [-0.05, 0) is 11.6 Å². The van der Waals surface area contributed by atoms with E-state index >= 15 is 0 Å². The Hall–Kier alpha value is -1.42. The van der Waals surface area contributed by atoms with Gasteiger partial charge in [-0.15, -0.1) is 0 Å². The Morgan fingerprint density at radius 2 is 2.57 bits per heavy atom. The number of rotatable bonds is 2. The van der Waals surface area contributed by atoms with Gasteiger partial charge in [0, 0.05) is 32.3 Å². The van der Waals surface area contributed by atoms with Crippen molar-refractivity contribution in [1.29, 1.82) is 0 Å². The Morgan fingerprint density at radius 3 is 3.43 bits per heavy atom. The van der Waals surface area contributed by atoms with Crippen molar-refractivity contribution in [3.63, 3.8) is 0 Å². The van der Waals surface area contributed by atoms with Crippen LogP contribution in [0.5, 0.6) is 0 Å². The summed E-state index contributed by atoms with van der Waals surface area (Å²) in [4.78, 5) is 8.27. The second-order valence-corrected chi connectivity index (χ2v) is 3.29. The monoisotopic (exact) mass is 190 g/mol. The predicted molar refractivity (Wildman–Crippen MR) is 57.7 cm³/mol. The number of hydrogen-bond acceptors (Lipinski definition) is 3. The van der Waals surface area contributed by atoms with Crippen LogP contribution in [-0.4, -0.2) is 24.9 Å². The highest BCUT2D eigenvalue weighted by molar-refractivity contribution is 5.75. The zero-order valence-corrected chi connectivity index (χ0v) is 8.25. The highest BCUT2D eigenvalue weighted by Crippen LogP contribution is 2.15. The molecule has 0 spiro atoms. The first-order valence-corrected chi connectivity index (χ1v) is 4.76. The third-order valence-corrected chi connectivity index (χ3v) is 2.27. The van der Waals surface area contributed by atoms with Crippen LogP contribution in [-0.2, 0) is 13.0 Å². The van der Waals surface area contributed by atoms with Gasteiger partial charge in [0.2, 0.25) is 0 Å². The SMILES string of the molecule is CN=CNc1cnc2c(c1)CNCC2. The first kappa shape index (κ1) is 9.15. The molecule has 1 aromatic rings. The summed E-state index contributed by atoms with van der Waals surface area (Å²) in [5.74, 6) is 0. The van der Waals surface area contributed by atoms with Crippen LogP contribution in [0.4, 0.5) is 5.69 Å². The Morgan fingerprint density at radius 1 is 1.64 bits per heavy atom. The Balaban J connectivity index is 2.20. The molecular formula is C10H14N4. The molecule has 0 unspecified atom stereocenters. The molecule has 0 saturated carbocycles. The fourth-order valence-corrected chi connectivity index (χ4v) is 1.56. The number of nitrogens with zero attached hydrogens (tertiary/aromatic N) is 2. The van der Waals surface area contributed by atoms with E-state index < -0.39 is 0 Å². The molecule has 0 aliphatic carbocycles. The van der Waals surface area contributed by atoms with Crippen LogP contribution in [0.1, 0.15) is 11.3 Å². The van der Waals surface area contributed by atoms with E-state index in [1.165, 1.54) is 11.3 Å². The summed E-state index contributed by atoms with van der Waals surface area (Å²) in [6, 6.07) is 2.12. The molecule has 4 heteroatoms. The number of nitrogens with one attached hydrogen (secondary N) is 2. The van der Waals surface area contributed by atoms with Gasteiger partial charge in [-0.1, -0.05) is 0 Å². The molecule has 1 aromatic heterocycles. The van der Waals surface area contributed by atoms with Crippen LogP contribution < -0.4 is 10.6 Å². The van der Waals surface area contributed by atoms with E-state index in [0.717, 1.165) is 25.2 Å². The normalized spacial score (nSPS) is 15.5. The predicted octanol–water partition coefficient (Wildman–Crippen LogP) is 0.797. The van der Waals surface area contributed by atoms with Gasteiger partial charge >= 0.3 is 0 Å². The first-order valence-electron chi connectivity index (χ1n) is 4.76. The molecule has 0 bridgehead atoms. The lowest BCUT2D eigenvalue weighted by atomic mass is 10.1. The van der Waals surface area contributed by atoms with Crippen molar-refractivity contribution in [2.75, 3.05) is 18.9 Å². The third-order valence-electron chi connectivity index (χ3n) is 2.27.